The van der Waals surface area contributed by atoms with Crippen molar-refractivity contribution in [1.29, 1.82) is 5.26 Å². The summed E-state index contributed by atoms with van der Waals surface area (Å²) >= 11 is 6.80. The molecular formula is C29H35N5O3S2. The summed E-state index contributed by atoms with van der Waals surface area (Å²) in [7, 11) is 0. The lowest BCUT2D eigenvalue weighted by atomic mass is 10.0. The number of carbonyl (C=O) groups is 1. The number of carbonyl (C=O) groups excluding carboxylic acids is 1. The number of hydrogen-bond donors (Lipinski definition) is 0. The molecule has 0 bridgehead atoms. The van der Waals surface area contributed by atoms with Crippen LogP contribution in [0.5, 0.6) is 0 Å². The number of anilines is 1. The maximum Gasteiger partial charge on any atom is 0.270 e. The van der Waals surface area contributed by atoms with Gasteiger partial charge in [0.2, 0.25) is 0 Å². The number of rotatable bonds is 10. The zero-order valence-corrected chi connectivity index (χ0v) is 24.4. The third-order valence-electron chi connectivity index (χ3n) is 7.11. The molecule has 0 saturated carbocycles. The summed E-state index contributed by atoms with van der Waals surface area (Å²) in [6.45, 7) is 11.8. The summed E-state index contributed by atoms with van der Waals surface area (Å²) in [6, 6.07) is 12.5. The summed E-state index contributed by atoms with van der Waals surface area (Å²) in [5, 5.41) is 9.84. The fraction of sp³-hybridized carbons (Fsp3) is 0.448. The van der Waals surface area contributed by atoms with E-state index in [1.54, 1.807) is 16.4 Å². The highest BCUT2D eigenvalue weighted by Crippen LogP contribution is 2.36. The lowest BCUT2D eigenvalue weighted by Crippen LogP contribution is -2.48. The van der Waals surface area contributed by atoms with Crippen LogP contribution in [-0.2, 0) is 22.6 Å². The van der Waals surface area contributed by atoms with Crippen LogP contribution in [0.1, 0.15) is 42.5 Å². The summed E-state index contributed by atoms with van der Waals surface area (Å²) in [5.74, 6) is 0.618. The quantitative estimate of drug-likeness (QED) is 0.243. The maximum absolute atomic E-state index is 13.3. The highest BCUT2D eigenvalue weighted by atomic mass is 32.2. The van der Waals surface area contributed by atoms with Gasteiger partial charge in [-0.3, -0.25) is 24.0 Å². The SMILES string of the molecule is CCOCCCN1C(=O)/C(=C/c2c(C)c(C#N)c(=O)n(CC)c2N2CCN(Cc3ccccc3)CC2)SC1=S. The fourth-order valence-electron chi connectivity index (χ4n) is 5.03. The molecule has 10 heteroatoms. The van der Waals surface area contributed by atoms with E-state index in [4.69, 9.17) is 17.0 Å². The predicted octanol–water partition coefficient (Wildman–Crippen LogP) is 4.00. The van der Waals surface area contributed by atoms with Crippen LogP contribution in [0.3, 0.4) is 0 Å². The number of thiocarbonyl (C=S) groups is 1. The van der Waals surface area contributed by atoms with Gasteiger partial charge in [0.05, 0.1) is 4.91 Å². The third-order valence-corrected chi connectivity index (χ3v) is 8.48. The van der Waals surface area contributed by atoms with Gasteiger partial charge in [-0.1, -0.05) is 54.3 Å². The second-order valence-electron chi connectivity index (χ2n) is 9.53. The van der Waals surface area contributed by atoms with E-state index in [2.05, 4.69) is 40.1 Å². The van der Waals surface area contributed by atoms with Crippen molar-refractivity contribution in [3.8, 4) is 6.07 Å². The zero-order valence-electron chi connectivity index (χ0n) is 22.8. The second kappa shape index (κ2) is 13.4. The molecule has 3 heterocycles. The molecule has 0 atom stereocenters. The molecule has 0 radical (unpaired) electrons. The van der Waals surface area contributed by atoms with E-state index in [-0.39, 0.29) is 17.0 Å². The summed E-state index contributed by atoms with van der Waals surface area (Å²) in [4.78, 5) is 33.4. The van der Waals surface area contributed by atoms with Crippen LogP contribution in [0, 0.1) is 18.3 Å². The van der Waals surface area contributed by atoms with E-state index in [0.717, 1.165) is 44.1 Å². The minimum absolute atomic E-state index is 0.113. The Morgan fingerprint density at radius 1 is 1.13 bits per heavy atom. The number of thioether (sulfide) groups is 1. The number of nitriles is 1. The van der Waals surface area contributed by atoms with Crippen LogP contribution in [0.15, 0.2) is 40.0 Å². The smallest absolute Gasteiger partial charge is 0.270 e. The summed E-state index contributed by atoms with van der Waals surface area (Å²) in [5.41, 5.74) is 2.42. The van der Waals surface area contributed by atoms with E-state index in [1.807, 2.05) is 26.0 Å². The zero-order chi connectivity index (χ0) is 27.9. The first-order chi connectivity index (χ1) is 18.9. The van der Waals surface area contributed by atoms with Crippen LogP contribution in [-0.4, -0.2) is 70.5 Å². The minimum Gasteiger partial charge on any atom is -0.382 e. The highest BCUT2D eigenvalue weighted by Gasteiger charge is 2.33. The van der Waals surface area contributed by atoms with Gasteiger partial charge in [0.1, 0.15) is 21.8 Å². The van der Waals surface area contributed by atoms with E-state index in [1.165, 1.54) is 17.3 Å². The molecule has 206 valence electrons. The Balaban J connectivity index is 1.65. The van der Waals surface area contributed by atoms with Crippen molar-refractivity contribution in [1.82, 2.24) is 14.4 Å². The first-order valence-electron chi connectivity index (χ1n) is 13.4. The summed E-state index contributed by atoms with van der Waals surface area (Å²) < 4.78 is 7.60. The Bertz CT molecular complexity index is 1340. The number of amides is 1. The van der Waals surface area contributed by atoms with Gasteiger partial charge in [0, 0.05) is 64.6 Å². The predicted molar refractivity (Wildman–Crippen MR) is 161 cm³/mol. The van der Waals surface area contributed by atoms with Gasteiger partial charge in [0.25, 0.3) is 11.5 Å². The molecule has 1 aromatic heterocycles. The molecule has 2 aromatic rings. The normalized spacial score (nSPS) is 17.3. The Kier molecular flexibility index (Phi) is 9.97. The molecule has 2 saturated heterocycles. The molecule has 1 amide bonds. The van der Waals surface area contributed by atoms with Gasteiger partial charge in [-0.25, -0.2) is 0 Å². The molecule has 39 heavy (non-hydrogen) atoms. The standard InChI is InChI=1S/C29H35N5O3S2/c1-4-33-26(32-15-13-31(14-16-32)20-22-10-7-6-8-11-22)23(21(3)24(19-30)27(33)35)18-25-28(36)34(29(38)39-25)12-9-17-37-5-2/h6-8,10-11,18H,4-5,9,12-17,20H2,1-3H3/b25-18-. The van der Waals surface area contributed by atoms with Crippen molar-refractivity contribution in [2.45, 2.75) is 40.3 Å². The van der Waals surface area contributed by atoms with Gasteiger partial charge in [-0.15, -0.1) is 0 Å². The van der Waals surface area contributed by atoms with E-state index in [9.17, 15) is 14.9 Å². The maximum atomic E-state index is 13.3. The molecule has 2 fully saturated rings. The van der Waals surface area contributed by atoms with Crippen molar-refractivity contribution in [3.05, 3.63) is 67.8 Å². The third kappa shape index (κ3) is 6.44. The number of benzene rings is 1. The average Bonchev–Trinajstić information content (AvgIpc) is 3.21. The van der Waals surface area contributed by atoms with E-state index in [0.29, 0.717) is 47.5 Å². The van der Waals surface area contributed by atoms with Gasteiger partial charge < -0.3 is 9.64 Å². The Morgan fingerprint density at radius 2 is 1.85 bits per heavy atom. The molecule has 2 aliphatic heterocycles. The van der Waals surface area contributed by atoms with Crippen molar-refractivity contribution < 1.29 is 9.53 Å². The molecule has 8 nitrogen and oxygen atoms in total. The Morgan fingerprint density at radius 3 is 2.49 bits per heavy atom. The van der Waals surface area contributed by atoms with E-state index >= 15 is 0 Å². The molecular weight excluding hydrogens is 530 g/mol. The highest BCUT2D eigenvalue weighted by molar-refractivity contribution is 8.26. The van der Waals surface area contributed by atoms with Gasteiger partial charge in [-0.05, 0) is 44.4 Å². The average molecular weight is 566 g/mol. The Hall–Kier alpha value is -2.97. The first-order valence-corrected chi connectivity index (χ1v) is 14.6. The van der Waals surface area contributed by atoms with Crippen molar-refractivity contribution >= 4 is 46.1 Å². The van der Waals surface area contributed by atoms with Gasteiger partial charge in [-0.2, -0.15) is 5.26 Å². The molecule has 1 aromatic carbocycles. The van der Waals surface area contributed by atoms with Crippen LogP contribution in [0.2, 0.25) is 0 Å². The topological polar surface area (TPSA) is 81.8 Å². The van der Waals surface area contributed by atoms with Crippen molar-refractivity contribution in [2.24, 2.45) is 0 Å². The van der Waals surface area contributed by atoms with Crippen LogP contribution in [0.25, 0.3) is 6.08 Å². The number of hydrogen-bond acceptors (Lipinski definition) is 8. The van der Waals surface area contributed by atoms with Crippen molar-refractivity contribution in [3.63, 3.8) is 0 Å². The number of nitrogens with zero attached hydrogens (tertiary/aromatic N) is 5. The second-order valence-corrected chi connectivity index (χ2v) is 11.2. The van der Waals surface area contributed by atoms with E-state index < -0.39 is 0 Å². The first kappa shape index (κ1) is 29.0. The Labute approximate surface area is 239 Å². The largest absolute Gasteiger partial charge is 0.382 e. The summed E-state index contributed by atoms with van der Waals surface area (Å²) in [6.07, 6.45) is 2.53. The molecule has 0 unspecified atom stereocenters. The monoisotopic (exact) mass is 565 g/mol. The number of ether oxygens (including phenoxy) is 1. The molecule has 2 aliphatic rings. The number of piperazine rings is 1. The minimum atomic E-state index is -0.292. The van der Waals surface area contributed by atoms with Gasteiger partial charge >= 0.3 is 0 Å². The number of aromatic nitrogens is 1. The van der Waals surface area contributed by atoms with Crippen molar-refractivity contribution in [2.75, 3.05) is 50.8 Å². The molecule has 4 rings (SSSR count). The van der Waals surface area contributed by atoms with Crippen LogP contribution in [0.4, 0.5) is 5.82 Å². The van der Waals surface area contributed by atoms with Gasteiger partial charge in [0.15, 0.2) is 0 Å². The lowest BCUT2D eigenvalue weighted by Gasteiger charge is -2.38. The number of pyridine rings is 1. The molecule has 0 N–H and O–H groups in total. The van der Waals surface area contributed by atoms with Crippen LogP contribution >= 0.6 is 24.0 Å². The lowest BCUT2D eigenvalue weighted by molar-refractivity contribution is -0.122. The molecule has 0 aliphatic carbocycles. The van der Waals surface area contributed by atoms with Crippen LogP contribution < -0.4 is 10.5 Å². The molecule has 0 spiro atoms. The fourth-order valence-corrected chi connectivity index (χ4v) is 6.32.